The molecular formula is C20H15FN6O3. The first-order chi connectivity index (χ1) is 14.5. The molecule has 30 heavy (non-hydrogen) atoms. The molecule has 1 saturated heterocycles. The van der Waals surface area contributed by atoms with Gasteiger partial charge < -0.3 is 4.52 Å². The van der Waals surface area contributed by atoms with Crippen LogP contribution >= 0.6 is 0 Å². The molecule has 150 valence electrons. The monoisotopic (exact) mass is 406 g/mol. The molecular weight excluding hydrogens is 391 g/mol. The van der Waals surface area contributed by atoms with Crippen molar-refractivity contribution in [3.8, 4) is 11.4 Å². The van der Waals surface area contributed by atoms with E-state index in [1.54, 1.807) is 0 Å². The number of halogens is 1. The van der Waals surface area contributed by atoms with Crippen molar-refractivity contribution in [1.82, 2.24) is 15.1 Å². The maximum Gasteiger partial charge on any atom is 0.263 e. The normalized spacial score (nSPS) is 20.3. The molecule has 1 fully saturated rings. The largest absolute Gasteiger partial charge is 0.337 e. The fourth-order valence-electron chi connectivity index (χ4n) is 3.59. The molecule has 2 atom stereocenters. The minimum Gasteiger partial charge on any atom is -0.337 e. The van der Waals surface area contributed by atoms with Gasteiger partial charge >= 0.3 is 0 Å². The van der Waals surface area contributed by atoms with Gasteiger partial charge in [0.2, 0.25) is 11.7 Å². The van der Waals surface area contributed by atoms with Crippen LogP contribution in [-0.2, 0) is 16.1 Å². The summed E-state index contributed by atoms with van der Waals surface area (Å²) in [7, 11) is 0. The lowest BCUT2D eigenvalue weighted by Gasteiger charge is -2.19. The fourth-order valence-corrected chi connectivity index (χ4v) is 3.59. The van der Waals surface area contributed by atoms with Gasteiger partial charge in [-0.1, -0.05) is 34.6 Å². The maximum absolute atomic E-state index is 13.2. The summed E-state index contributed by atoms with van der Waals surface area (Å²) in [4.78, 5) is 31.0. The molecule has 0 spiro atoms. The van der Waals surface area contributed by atoms with Gasteiger partial charge in [-0.15, -0.1) is 0 Å². The number of aromatic nitrogens is 2. The minimum absolute atomic E-state index is 0.0276. The van der Waals surface area contributed by atoms with E-state index in [0.717, 1.165) is 16.0 Å². The van der Waals surface area contributed by atoms with Gasteiger partial charge in [-0.2, -0.15) is 10.1 Å². The third kappa shape index (κ3) is 2.84. The summed E-state index contributed by atoms with van der Waals surface area (Å²) in [6.45, 7) is 1.97. The molecule has 0 bridgehead atoms. The summed E-state index contributed by atoms with van der Waals surface area (Å²) < 4.78 is 18.5. The average Bonchev–Trinajstić information content (AvgIpc) is 3.42. The number of fused-ring (bicyclic) bond motifs is 1. The van der Waals surface area contributed by atoms with E-state index in [1.807, 2.05) is 31.2 Å². The number of imide groups is 1. The second-order valence-corrected chi connectivity index (χ2v) is 7.01. The highest BCUT2D eigenvalue weighted by Gasteiger charge is 2.55. The smallest absolute Gasteiger partial charge is 0.263 e. The lowest BCUT2D eigenvalue weighted by molar-refractivity contribution is -0.123. The number of benzene rings is 2. The molecule has 2 aliphatic heterocycles. The van der Waals surface area contributed by atoms with Crippen molar-refractivity contribution >= 4 is 17.5 Å². The molecule has 0 unspecified atom stereocenters. The number of carbonyl (C=O) groups is 2. The first-order valence-corrected chi connectivity index (χ1v) is 9.22. The van der Waals surface area contributed by atoms with E-state index in [9.17, 15) is 14.0 Å². The number of anilines is 1. The Morgan fingerprint density at radius 2 is 1.83 bits per heavy atom. The van der Waals surface area contributed by atoms with Crippen LogP contribution in [0.5, 0.6) is 0 Å². The van der Waals surface area contributed by atoms with Gasteiger partial charge in [-0.3, -0.25) is 14.6 Å². The van der Waals surface area contributed by atoms with Crippen LogP contribution in [0, 0.1) is 12.7 Å². The number of rotatable bonds is 4. The molecule has 2 aliphatic rings. The molecule has 0 N–H and O–H groups in total. The van der Waals surface area contributed by atoms with E-state index in [4.69, 9.17) is 4.52 Å². The van der Waals surface area contributed by atoms with Crippen molar-refractivity contribution in [3.63, 3.8) is 0 Å². The predicted octanol–water partition coefficient (Wildman–Crippen LogP) is 2.68. The molecule has 0 aliphatic carbocycles. The number of hydrogen-bond acceptors (Lipinski definition) is 8. The number of hydrogen-bond donors (Lipinski definition) is 0. The van der Waals surface area contributed by atoms with Crippen molar-refractivity contribution in [2.24, 2.45) is 10.3 Å². The van der Waals surface area contributed by atoms with Crippen molar-refractivity contribution < 1.29 is 18.5 Å². The zero-order chi connectivity index (χ0) is 20.8. The van der Waals surface area contributed by atoms with E-state index < -0.39 is 29.7 Å². The van der Waals surface area contributed by atoms with Crippen molar-refractivity contribution in [1.29, 1.82) is 0 Å². The van der Waals surface area contributed by atoms with Crippen molar-refractivity contribution in [2.45, 2.75) is 25.6 Å². The SMILES string of the molecule is Cc1ccccc1-c1noc(CN2N=N[C@@H]3C(=O)N(c4ccc(F)cc4)C(=O)[C@H]32)n1. The van der Waals surface area contributed by atoms with E-state index in [-0.39, 0.29) is 18.1 Å². The Kier molecular flexibility index (Phi) is 4.12. The molecule has 0 radical (unpaired) electrons. The van der Waals surface area contributed by atoms with E-state index in [2.05, 4.69) is 20.5 Å². The lowest BCUT2D eigenvalue weighted by Crippen LogP contribution is -2.39. The van der Waals surface area contributed by atoms with Gasteiger partial charge in [0.15, 0.2) is 12.1 Å². The Bertz CT molecular complexity index is 1180. The van der Waals surface area contributed by atoms with E-state index >= 15 is 0 Å². The topological polar surface area (TPSA) is 104 Å². The molecule has 2 aromatic carbocycles. The van der Waals surface area contributed by atoms with Crippen LogP contribution in [0.2, 0.25) is 0 Å². The Labute approximate surface area is 169 Å². The van der Waals surface area contributed by atoms with Crippen LogP contribution in [-0.4, -0.2) is 39.0 Å². The quantitative estimate of drug-likeness (QED) is 0.617. The summed E-state index contributed by atoms with van der Waals surface area (Å²) in [6.07, 6.45) is 0. The maximum atomic E-state index is 13.2. The average molecular weight is 406 g/mol. The summed E-state index contributed by atoms with van der Waals surface area (Å²) in [5, 5.41) is 13.3. The first kappa shape index (κ1) is 18.1. The third-order valence-electron chi connectivity index (χ3n) is 5.09. The zero-order valence-corrected chi connectivity index (χ0v) is 15.8. The zero-order valence-electron chi connectivity index (χ0n) is 15.8. The van der Waals surface area contributed by atoms with Gasteiger partial charge in [0.05, 0.1) is 5.69 Å². The van der Waals surface area contributed by atoms with Gasteiger partial charge in [0, 0.05) is 5.56 Å². The predicted molar refractivity (Wildman–Crippen MR) is 101 cm³/mol. The van der Waals surface area contributed by atoms with Crippen LogP contribution in [0.25, 0.3) is 11.4 Å². The molecule has 1 aromatic heterocycles. The summed E-state index contributed by atoms with van der Waals surface area (Å²) in [5.41, 5.74) is 2.12. The molecule has 3 heterocycles. The Balaban J connectivity index is 1.37. The van der Waals surface area contributed by atoms with Crippen LogP contribution in [0.1, 0.15) is 11.5 Å². The minimum atomic E-state index is -0.957. The second kappa shape index (κ2) is 6.83. The lowest BCUT2D eigenvalue weighted by atomic mass is 10.1. The molecule has 3 aromatic rings. The highest BCUT2D eigenvalue weighted by molar-refractivity contribution is 6.25. The molecule has 9 nitrogen and oxygen atoms in total. The summed E-state index contributed by atoms with van der Waals surface area (Å²) in [6, 6.07) is 10.9. The highest BCUT2D eigenvalue weighted by Crippen LogP contribution is 2.33. The summed E-state index contributed by atoms with van der Waals surface area (Å²) >= 11 is 0. The third-order valence-corrected chi connectivity index (χ3v) is 5.09. The Hall–Kier alpha value is -3.95. The Morgan fingerprint density at radius 3 is 2.60 bits per heavy atom. The summed E-state index contributed by atoms with van der Waals surface area (Å²) in [5.74, 6) is -0.777. The highest BCUT2D eigenvalue weighted by atomic mass is 19.1. The Morgan fingerprint density at radius 1 is 1.07 bits per heavy atom. The number of nitrogens with zero attached hydrogens (tertiary/aromatic N) is 6. The van der Waals surface area contributed by atoms with Gasteiger partial charge in [-0.05, 0) is 36.8 Å². The molecule has 5 rings (SSSR count). The van der Waals surface area contributed by atoms with Gasteiger partial charge in [-0.25, -0.2) is 9.29 Å². The molecule has 0 saturated carbocycles. The number of aryl methyl sites for hydroxylation is 1. The second-order valence-electron chi connectivity index (χ2n) is 7.01. The van der Waals surface area contributed by atoms with Crippen molar-refractivity contribution in [2.75, 3.05) is 4.90 Å². The van der Waals surface area contributed by atoms with Crippen molar-refractivity contribution in [3.05, 3.63) is 65.8 Å². The van der Waals surface area contributed by atoms with E-state index in [1.165, 1.54) is 29.3 Å². The van der Waals surface area contributed by atoms with Crippen LogP contribution in [0.3, 0.4) is 0 Å². The van der Waals surface area contributed by atoms with E-state index in [0.29, 0.717) is 5.82 Å². The molecule has 2 amide bonds. The number of amides is 2. The fraction of sp³-hybridized carbons (Fsp3) is 0.200. The molecule has 10 heteroatoms. The number of carbonyl (C=O) groups excluding carboxylic acids is 2. The van der Waals surface area contributed by atoms with Gasteiger partial charge in [0.1, 0.15) is 12.4 Å². The van der Waals surface area contributed by atoms with Gasteiger partial charge in [0.25, 0.3) is 11.8 Å². The van der Waals surface area contributed by atoms with Crippen LogP contribution < -0.4 is 4.90 Å². The standard InChI is InChI=1S/C20H15FN6O3/c1-11-4-2-3-5-14(11)18-22-15(30-24-18)10-26-17-16(23-25-26)19(28)27(20(17)29)13-8-6-12(21)7-9-13/h2-9,16-17H,10H2,1H3/t16-,17-/m0/s1. The van der Waals surface area contributed by atoms with Crippen LogP contribution in [0.15, 0.2) is 63.4 Å². The van der Waals surface area contributed by atoms with Crippen LogP contribution in [0.4, 0.5) is 10.1 Å². The first-order valence-electron chi connectivity index (χ1n) is 9.22.